The number of ether oxygens (including phenoxy) is 1. The maximum Gasteiger partial charge on any atom is 0.407 e. The van der Waals surface area contributed by atoms with Crippen molar-refractivity contribution in [2.45, 2.75) is 65.0 Å². The highest BCUT2D eigenvalue weighted by atomic mass is 16.6. The Hall–Kier alpha value is -1.75. The second kappa shape index (κ2) is 8.56. The maximum atomic E-state index is 11.9. The number of aliphatic hydroxyl groups excluding tert-OH is 1. The summed E-state index contributed by atoms with van der Waals surface area (Å²) in [5.41, 5.74) is 1.48. The Bertz CT molecular complexity index is 560. The van der Waals surface area contributed by atoms with Crippen molar-refractivity contribution in [3.05, 3.63) is 29.8 Å². The minimum Gasteiger partial charge on any atom is -0.444 e. The van der Waals surface area contributed by atoms with E-state index in [0.29, 0.717) is 6.54 Å². The van der Waals surface area contributed by atoms with Gasteiger partial charge in [0, 0.05) is 24.2 Å². The van der Waals surface area contributed by atoms with Crippen LogP contribution in [0.5, 0.6) is 0 Å². The topological polar surface area (TPSA) is 70.6 Å². The Morgan fingerprint density at radius 2 is 1.88 bits per heavy atom. The van der Waals surface area contributed by atoms with E-state index in [1.165, 1.54) is 19.3 Å². The number of amides is 1. The molecule has 0 heterocycles. The fourth-order valence-electron chi connectivity index (χ4n) is 3.30. The van der Waals surface area contributed by atoms with Gasteiger partial charge in [0.25, 0.3) is 0 Å². The third kappa shape index (κ3) is 6.24. The lowest BCUT2D eigenvalue weighted by Crippen LogP contribution is -2.36. The van der Waals surface area contributed by atoms with Crippen molar-refractivity contribution < 1.29 is 14.6 Å². The number of para-hydroxylation sites is 1. The standard InChI is InChI=1S/C20H32N2O3/c1-19(2,3)25-18(24)21-13-16-9-5-6-10-17(16)22-14-20(15-23)11-7-4-8-12-20/h5-6,9-10,22-23H,4,7-8,11-15H2,1-3H3,(H,21,24). The Balaban J connectivity index is 1.94. The van der Waals surface area contributed by atoms with Gasteiger partial charge in [0.15, 0.2) is 0 Å². The molecule has 140 valence electrons. The van der Waals surface area contributed by atoms with Gasteiger partial charge in [-0.1, -0.05) is 37.5 Å². The number of rotatable bonds is 6. The molecule has 0 bridgehead atoms. The Kier molecular flexibility index (Phi) is 6.71. The van der Waals surface area contributed by atoms with Crippen LogP contribution in [0.25, 0.3) is 0 Å². The number of hydrogen-bond acceptors (Lipinski definition) is 4. The third-order valence-corrected chi connectivity index (χ3v) is 4.74. The molecule has 0 aromatic heterocycles. The van der Waals surface area contributed by atoms with Gasteiger partial charge in [-0.2, -0.15) is 0 Å². The van der Waals surface area contributed by atoms with E-state index in [4.69, 9.17) is 4.74 Å². The summed E-state index contributed by atoms with van der Waals surface area (Å²) in [4.78, 5) is 11.9. The Morgan fingerprint density at radius 3 is 2.52 bits per heavy atom. The van der Waals surface area contributed by atoms with Gasteiger partial charge < -0.3 is 20.5 Å². The van der Waals surface area contributed by atoms with Crippen LogP contribution in [-0.2, 0) is 11.3 Å². The van der Waals surface area contributed by atoms with Crippen molar-refractivity contribution in [1.82, 2.24) is 5.32 Å². The van der Waals surface area contributed by atoms with Gasteiger partial charge in [0.2, 0.25) is 0 Å². The molecule has 1 aromatic carbocycles. The number of carbonyl (C=O) groups is 1. The summed E-state index contributed by atoms with van der Waals surface area (Å²) in [7, 11) is 0. The predicted octanol–water partition coefficient (Wildman–Crippen LogP) is 4.07. The van der Waals surface area contributed by atoms with E-state index >= 15 is 0 Å². The van der Waals surface area contributed by atoms with Crippen LogP contribution in [-0.4, -0.2) is 30.0 Å². The van der Waals surface area contributed by atoms with E-state index in [2.05, 4.69) is 10.6 Å². The first-order valence-electron chi connectivity index (χ1n) is 9.23. The van der Waals surface area contributed by atoms with E-state index in [0.717, 1.165) is 30.6 Å². The molecule has 3 N–H and O–H groups in total. The lowest BCUT2D eigenvalue weighted by Gasteiger charge is -2.36. The number of carbonyl (C=O) groups excluding carboxylic acids is 1. The molecule has 1 saturated carbocycles. The quantitative estimate of drug-likeness (QED) is 0.725. The van der Waals surface area contributed by atoms with Gasteiger partial charge in [-0.05, 0) is 45.2 Å². The molecule has 0 atom stereocenters. The number of hydrogen-bond donors (Lipinski definition) is 3. The van der Waals surface area contributed by atoms with Crippen LogP contribution in [0.3, 0.4) is 0 Å². The molecule has 1 amide bonds. The summed E-state index contributed by atoms with van der Waals surface area (Å²) in [6.07, 6.45) is 5.34. The summed E-state index contributed by atoms with van der Waals surface area (Å²) in [6, 6.07) is 7.94. The molecule has 1 fully saturated rings. The highest BCUT2D eigenvalue weighted by molar-refractivity contribution is 5.68. The summed E-state index contributed by atoms with van der Waals surface area (Å²) in [5.74, 6) is 0. The zero-order valence-corrected chi connectivity index (χ0v) is 15.7. The number of aliphatic hydroxyl groups is 1. The van der Waals surface area contributed by atoms with Crippen LogP contribution in [0.4, 0.5) is 10.5 Å². The van der Waals surface area contributed by atoms with Crippen molar-refractivity contribution in [2.75, 3.05) is 18.5 Å². The third-order valence-electron chi connectivity index (χ3n) is 4.74. The average molecular weight is 348 g/mol. The minimum atomic E-state index is -0.504. The van der Waals surface area contributed by atoms with Crippen LogP contribution in [0.2, 0.25) is 0 Å². The van der Waals surface area contributed by atoms with Gasteiger partial charge in [-0.3, -0.25) is 0 Å². The lowest BCUT2D eigenvalue weighted by atomic mass is 9.74. The van der Waals surface area contributed by atoms with Gasteiger partial charge in [-0.15, -0.1) is 0 Å². The highest BCUT2D eigenvalue weighted by Crippen LogP contribution is 2.36. The fourth-order valence-corrected chi connectivity index (χ4v) is 3.30. The SMILES string of the molecule is CC(C)(C)OC(=O)NCc1ccccc1NCC1(CO)CCCCC1. The van der Waals surface area contributed by atoms with E-state index in [9.17, 15) is 9.90 Å². The van der Waals surface area contributed by atoms with Crippen molar-refractivity contribution in [3.8, 4) is 0 Å². The molecule has 0 aliphatic heterocycles. The number of alkyl carbamates (subject to hydrolysis) is 1. The van der Waals surface area contributed by atoms with Gasteiger partial charge >= 0.3 is 6.09 Å². The zero-order valence-electron chi connectivity index (χ0n) is 15.7. The molecule has 0 saturated heterocycles. The maximum absolute atomic E-state index is 11.9. The van der Waals surface area contributed by atoms with Crippen LogP contribution in [0.15, 0.2) is 24.3 Å². The summed E-state index contributed by atoms with van der Waals surface area (Å²) in [6.45, 7) is 6.93. The van der Waals surface area contributed by atoms with E-state index in [1.807, 2.05) is 45.0 Å². The molecule has 5 nitrogen and oxygen atoms in total. The number of anilines is 1. The first kappa shape index (κ1) is 19.6. The molecular formula is C20H32N2O3. The van der Waals surface area contributed by atoms with E-state index in [-0.39, 0.29) is 12.0 Å². The molecule has 25 heavy (non-hydrogen) atoms. The molecule has 1 aromatic rings. The van der Waals surface area contributed by atoms with Crippen molar-refractivity contribution in [2.24, 2.45) is 5.41 Å². The van der Waals surface area contributed by atoms with Gasteiger partial charge in [0.05, 0.1) is 6.61 Å². The monoisotopic (exact) mass is 348 g/mol. The predicted molar refractivity (Wildman–Crippen MR) is 101 cm³/mol. The van der Waals surface area contributed by atoms with Crippen molar-refractivity contribution in [3.63, 3.8) is 0 Å². The Morgan fingerprint density at radius 1 is 1.20 bits per heavy atom. The summed E-state index contributed by atoms with van der Waals surface area (Å²) < 4.78 is 5.28. The smallest absolute Gasteiger partial charge is 0.407 e. The summed E-state index contributed by atoms with van der Waals surface area (Å²) in [5, 5.41) is 16.2. The molecular weight excluding hydrogens is 316 g/mol. The van der Waals surface area contributed by atoms with Crippen LogP contribution in [0, 0.1) is 5.41 Å². The van der Waals surface area contributed by atoms with Gasteiger partial charge in [0.1, 0.15) is 5.60 Å². The molecule has 0 unspecified atom stereocenters. The molecule has 0 spiro atoms. The van der Waals surface area contributed by atoms with Crippen molar-refractivity contribution >= 4 is 11.8 Å². The first-order chi connectivity index (χ1) is 11.8. The summed E-state index contributed by atoms with van der Waals surface area (Å²) >= 11 is 0. The van der Waals surface area contributed by atoms with Crippen LogP contribution < -0.4 is 10.6 Å². The molecule has 2 rings (SSSR count). The normalized spacial score (nSPS) is 17.0. The van der Waals surface area contributed by atoms with Crippen molar-refractivity contribution in [1.29, 1.82) is 0 Å². The molecule has 1 aliphatic rings. The largest absolute Gasteiger partial charge is 0.444 e. The Labute approximate surface area is 151 Å². The van der Waals surface area contributed by atoms with E-state index in [1.54, 1.807) is 0 Å². The lowest BCUT2D eigenvalue weighted by molar-refractivity contribution is 0.0523. The zero-order chi connectivity index (χ0) is 18.3. The van der Waals surface area contributed by atoms with Crippen LogP contribution in [0.1, 0.15) is 58.4 Å². The number of nitrogens with one attached hydrogen (secondary N) is 2. The highest BCUT2D eigenvalue weighted by Gasteiger charge is 2.31. The molecule has 1 aliphatic carbocycles. The molecule has 0 radical (unpaired) electrons. The van der Waals surface area contributed by atoms with E-state index < -0.39 is 11.7 Å². The van der Waals surface area contributed by atoms with Gasteiger partial charge in [-0.25, -0.2) is 4.79 Å². The van der Waals surface area contributed by atoms with Crippen LogP contribution >= 0.6 is 0 Å². The first-order valence-corrected chi connectivity index (χ1v) is 9.23. The average Bonchev–Trinajstić information content (AvgIpc) is 2.58. The molecule has 5 heteroatoms. The minimum absolute atomic E-state index is 0.0239. The fraction of sp³-hybridized carbons (Fsp3) is 0.650. The second-order valence-electron chi connectivity index (χ2n) is 8.08. The second-order valence-corrected chi connectivity index (χ2v) is 8.08. The number of benzene rings is 1.